The first-order valence-electron chi connectivity index (χ1n) is 9.51. The Hall–Kier alpha value is -1.91. The minimum absolute atomic E-state index is 0.374. The second-order valence-electron chi connectivity index (χ2n) is 7.99. The lowest BCUT2D eigenvalue weighted by atomic mass is 9.96. The first-order valence-corrected chi connectivity index (χ1v) is 9.51. The molecule has 2 aliphatic rings. The summed E-state index contributed by atoms with van der Waals surface area (Å²) in [5.74, 6) is 1.15. The third-order valence-corrected chi connectivity index (χ3v) is 6.08. The molecule has 4 rings (SSSR count). The van der Waals surface area contributed by atoms with Crippen LogP contribution in [0.5, 0.6) is 5.75 Å². The molecule has 0 bridgehead atoms. The molecule has 0 aromatic heterocycles. The van der Waals surface area contributed by atoms with Crippen LogP contribution in [0.1, 0.15) is 30.1 Å². The summed E-state index contributed by atoms with van der Waals surface area (Å²) in [4.78, 5) is 2.31. The standard InChI is InChI=1S/C22H26FNO2/c23-20-11-17(6-7-21(20)25)22(26)14-24-12-18-9-16(10-19(18)13-24)8-15-4-2-1-3-5-15/h1-7,11,16,18-19,22,25-26H,8-10,12-14H2. The number of aliphatic hydroxyl groups is 1. The predicted molar refractivity (Wildman–Crippen MR) is 99.3 cm³/mol. The van der Waals surface area contributed by atoms with Crippen LogP contribution in [-0.4, -0.2) is 34.7 Å². The molecule has 3 atom stereocenters. The Balaban J connectivity index is 1.29. The Morgan fingerprint density at radius 2 is 1.73 bits per heavy atom. The molecule has 1 heterocycles. The average Bonchev–Trinajstić information content (AvgIpc) is 3.16. The van der Waals surface area contributed by atoms with Gasteiger partial charge in [0.25, 0.3) is 0 Å². The molecular weight excluding hydrogens is 329 g/mol. The van der Waals surface area contributed by atoms with Crippen molar-refractivity contribution in [2.45, 2.75) is 25.4 Å². The summed E-state index contributed by atoms with van der Waals surface area (Å²) >= 11 is 0. The van der Waals surface area contributed by atoms with Gasteiger partial charge in [-0.25, -0.2) is 4.39 Å². The lowest BCUT2D eigenvalue weighted by molar-refractivity contribution is 0.120. The highest BCUT2D eigenvalue weighted by molar-refractivity contribution is 5.29. The number of benzene rings is 2. The molecule has 2 aromatic carbocycles. The summed E-state index contributed by atoms with van der Waals surface area (Å²) < 4.78 is 13.5. The molecule has 2 aromatic rings. The third kappa shape index (κ3) is 3.76. The van der Waals surface area contributed by atoms with Gasteiger partial charge >= 0.3 is 0 Å². The number of halogens is 1. The van der Waals surface area contributed by atoms with Crippen LogP contribution in [0.25, 0.3) is 0 Å². The lowest BCUT2D eigenvalue weighted by Crippen LogP contribution is -2.28. The van der Waals surface area contributed by atoms with Crippen molar-refractivity contribution in [1.82, 2.24) is 4.90 Å². The van der Waals surface area contributed by atoms with Crippen LogP contribution in [0.3, 0.4) is 0 Å². The highest BCUT2D eigenvalue weighted by atomic mass is 19.1. The van der Waals surface area contributed by atoms with E-state index < -0.39 is 11.9 Å². The largest absolute Gasteiger partial charge is 0.505 e. The number of likely N-dealkylation sites (tertiary alicyclic amines) is 1. The normalized spacial score (nSPS) is 26.8. The van der Waals surface area contributed by atoms with E-state index in [4.69, 9.17) is 0 Å². The van der Waals surface area contributed by atoms with E-state index in [-0.39, 0.29) is 5.75 Å². The maximum absolute atomic E-state index is 13.5. The smallest absolute Gasteiger partial charge is 0.165 e. The Morgan fingerprint density at radius 1 is 1.04 bits per heavy atom. The molecule has 0 spiro atoms. The lowest BCUT2D eigenvalue weighted by Gasteiger charge is -2.22. The maximum Gasteiger partial charge on any atom is 0.165 e. The molecule has 0 amide bonds. The van der Waals surface area contributed by atoms with Crippen LogP contribution >= 0.6 is 0 Å². The zero-order valence-corrected chi connectivity index (χ0v) is 14.9. The van der Waals surface area contributed by atoms with Gasteiger partial charge in [0.05, 0.1) is 6.10 Å². The van der Waals surface area contributed by atoms with Crippen LogP contribution < -0.4 is 0 Å². The molecule has 1 saturated carbocycles. The van der Waals surface area contributed by atoms with Crippen molar-refractivity contribution in [3.05, 3.63) is 65.5 Å². The van der Waals surface area contributed by atoms with Gasteiger partial charge in [-0.05, 0) is 60.3 Å². The number of fused-ring (bicyclic) bond motifs is 1. The number of hydrogen-bond donors (Lipinski definition) is 2. The Bertz CT molecular complexity index is 737. The van der Waals surface area contributed by atoms with Crippen molar-refractivity contribution < 1.29 is 14.6 Å². The zero-order chi connectivity index (χ0) is 18.1. The van der Waals surface area contributed by atoms with Crippen molar-refractivity contribution in [2.75, 3.05) is 19.6 Å². The van der Waals surface area contributed by atoms with Crippen molar-refractivity contribution in [2.24, 2.45) is 17.8 Å². The number of phenolic OH excluding ortho intramolecular Hbond substituents is 1. The number of rotatable bonds is 5. The summed E-state index contributed by atoms with van der Waals surface area (Å²) in [6.45, 7) is 2.57. The molecule has 1 saturated heterocycles. The summed E-state index contributed by atoms with van der Waals surface area (Å²) in [5, 5.41) is 19.7. The summed E-state index contributed by atoms with van der Waals surface area (Å²) in [6, 6.07) is 14.8. The fourth-order valence-corrected chi connectivity index (χ4v) is 4.87. The van der Waals surface area contributed by atoms with Gasteiger partial charge in [0.1, 0.15) is 0 Å². The average molecular weight is 355 g/mol. The molecule has 3 nitrogen and oxygen atoms in total. The molecule has 4 heteroatoms. The summed E-state index contributed by atoms with van der Waals surface area (Å²) in [5.41, 5.74) is 1.96. The van der Waals surface area contributed by atoms with Gasteiger partial charge in [-0.3, -0.25) is 4.90 Å². The van der Waals surface area contributed by atoms with Gasteiger partial charge in [-0.15, -0.1) is 0 Å². The molecule has 0 radical (unpaired) electrons. The molecule has 2 N–H and O–H groups in total. The quantitative estimate of drug-likeness (QED) is 0.858. The van der Waals surface area contributed by atoms with E-state index in [1.165, 1.54) is 37.0 Å². The van der Waals surface area contributed by atoms with Gasteiger partial charge in [0.2, 0.25) is 0 Å². The van der Waals surface area contributed by atoms with Crippen LogP contribution in [0.15, 0.2) is 48.5 Å². The fraction of sp³-hybridized carbons (Fsp3) is 0.455. The van der Waals surface area contributed by atoms with Gasteiger partial charge in [0.15, 0.2) is 11.6 Å². The second kappa shape index (κ2) is 7.37. The van der Waals surface area contributed by atoms with E-state index in [1.807, 2.05) is 0 Å². The fourth-order valence-electron chi connectivity index (χ4n) is 4.87. The Morgan fingerprint density at radius 3 is 2.38 bits per heavy atom. The van der Waals surface area contributed by atoms with Crippen LogP contribution in [0, 0.1) is 23.6 Å². The van der Waals surface area contributed by atoms with E-state index in [0.717, 1.165) is 19.0 Å². The maximum atomic E-state index is 13.5. The minimum Gasteiger partial charge on any atom is -0.505 e. The molecular formula is C22H26FNO2. The van der Waals surface area contributed by atoms with Gasteiger partial charge in [0, 0.05) is 19.6 Å². The summed E-state index contributed by atoms with van der Waals surface area (Å²) in [6.07, 6.45) is 2.98. The number of aromatic hydroxyl groups is 1. The zero-order valence-electron chi connectivity index (χ0n) is 14.9. The topological polar surface area (TPSA) is 43.7 Å². The van der Waals surface area contributed by atoms with Crippen molar-refractivity contribution in [1.29, 1.82) is 0 Å². The third-order valence-electron chi connectivity index (χ3n) is 6.08. The van der Waals surface area contributed by atoms with Gasteiger partial charge in [-0.1, -0.05) is 36.4 Å². The van der Waals surface area contributed by atoms with E-state index in [2.05, 4.69) is 35.2 Å². The number of nitrogens with zero attached hydrogens (tertiary/aromatic N) is 1. The van der Waals surface area contributed by atoms with Crippen molar-refractivity contribution >= 4 is 0 Å². The monoisotopic (exact) mass is 355 g/mol. The molecule has 1 aliphatic carbocycles. The SMILES string of the molecule is Oc1ccc(C(O)CN2CC3CC(Cc4ccccc4)CC3C2)cc1F. The number of aliphatic hydroxyl groups excluding tert-OH is 1. The molecule has 26 heavy (non-hydrogen) atoms. The predicted octanol–water partition coefficient (Wildman–Crippen LogP) is 3.77. The van der Waals surface area contributed by atoms with E-state index in [9.17, 15) is 14.6 Å². The number of β-amino-alcohol motifs (C(OH)–C–C–N with tert-alkyl or cyclic N) is 1. The highest BCUT2D eigenvalue weighted by Crippen LogP contribution is 2.43. The molecule has 1 aliphatic heterocycles. The Kier molecular flexibility index (Phi) is 4.96. The van der Waals surface area contributed by atoms with Crippen molar-refractivity contribution in [3.8, 4) is 5.75 Å². The number of hydrogen-bond acceptors (Lipinski definition) is 3. The highest BCUT2D eigenvalue weighted by Gasteiger charge is 2.40. The molecule has 2 fully saturated rings. The summed E-state index contributed by atoms with van der Waals surface area (Å²) in [7, 11) is 0. The Labute approximate surface area is 154 Å². The van der Waals surface area contributed by atoms with Gasteiger partial charge in [-0.2, -0.15) is 0 Å². The number of phenols is 1. The van der Waals surface area contributed by atoms with E-state index in [1.54, 1.807) is 6.07 Å². The van der Waals surface area contributed by atoms with Crippen LogP contribution in [-0.2, 0) is 6.42 Å². The first-order chi connectivity index (χ1) is 12.6. The minimum atomic E-state index is -0.718. The van der Waals surface area contributed by atoms with Crippen LogP contribution in [0.2, 0.25) is 0 Å². The molecule has 138 valence electrons. The van der Waals surface area contributed by atoms with Crippen molar-refractivity contribution in [3.63, 3.8) is 0 Å². The van der Waals surface area contributed by atoms with Gasteiger partial charge < -0.3 is 10.2 Å². The van der Waals surface area contributed by atoms with Crippen LogP contribution in [0.4, 0.5) is 4.39 Å². The van der Waals surface area contributed by atoms with E-state index in [0.29, 0.717) is 23.9 Å². The second-order valence-corrected chi connectivity index (χ2v) is 7.99. The molecule has 3 unspecified atom stereocenters. The van der Waals surface area contributed by atoms with E-state index >= 15 is 0 Å². The first kappa shape index (κ1) is 17.5.